The van der Waals surface area contributed by atoms with E-state index < -0.39 is 11.9 Å². The Bertz CT molecular complexity index is 1260. The second-order valence-electron chi connectivity index (χ2n) is 9.76. The van der Waals surface area contributed by atoms with Gasteiger partial charge in [-0.05, 0) is 35.4 Å². The fourth-order valence-corrected chi connectivity index (χ4v) is 5.23. The summed E-state index contributed by atoms with van der Waals surface area (Å²) in [4.78, 5) is 41.4. The van der Waals surface area contributed by atoms with Crippen LogP contribution in [0.2, 0.25) is 0 Å². The first kappa shape index (κ1) is 24.0. The summed E-state index contributed by atoms with van der Waals surface area (Å²) in [5.41, 5.74) is 1.47. The van der Waals surface area contributed by atoms with Crippen molar-refractivity contribution >= 4 is 17.5 Å². The summed E-state index contributed by atoms with van der Waals surface area (Å²) in [5.74, 6) is 0.133. The van der Waals surface area contributed by atoms with E-state index in [0.29, 0.717) is 35.2 Å². The third-order valence-corrected chi connectivity index (χ3v) is 7.58. The van der Waals surface area contributed by atoms with Gasteiger partial charge >= 0.3 is 0 Å². The average Bonchev–Trinajstić information content (AvgIpc) is 3.45. The molecule has 11 heteroatoms. The number of carbonyl (C=O) groups excluding carboxylic acids is 2. The number of anilines is 1. The number of carbonyl (C=O) groups is 2. The van der Waals surface area contributed by atoms with Crippen LogP contribution >= 0.6 is 0 Å². The molecule has 0 radical (unpaired) electrons. The monoisotopic (exact) mass is 493 g/mol. The number of nitrogens with zero attached hydrogens (tertiary/aromatic N) is 4. The molecule has 0 bridgehead atoms. The zero-order chi connectivity index (χ0) is 25.1. The molecule has 0 unspecified atom stereocenters. The molecule has 190 valence electrons. The number of hydrogen-bond donors (Lipinski definition) is 3. The van der Waals surface area contributed by atoms with E-state index in [4.69, 9.17) is 4.63 Å². The predicted octanol–water partition coefficient (Wildman–Crippen LogP) is 2.52. The van der Waals surface area contributed by atoms with Gasteiger partial charge in [0.15, 0.2) is 5.69 Å². The number of amides is 2. The molecule has 3 N–H and O–H groups in total. The highest BCUT2D eigenvalue weighted by molar-refractivity contribution is 6.00. The molecule has 1 atom stereocenters. The predicted molar refractivity (Wildman–Crippen MR) is 130 cm³/mol. The Balaban J connectivity index is 1.35. The number of hydrogen-bond acceptors (Lipinski definition) is 7. The van der Waals surface area contributed by atoms with Crippen molar-refractivity contribution in [2.24, 2.45) is 17.8 Å². The second kappa shape index (κ2) is 10.5. The molecule has 5 rings (SSSR count). The van der Waals surface area contributed by atoms with Gasteiger partial charge in [-0.15, -0.1) is 0 Å². The first-order chi connectivity index (χ1) is 17.5. The van der Waals surface area contributed by atoms with Gasteiger partial charge < -0.3 is 15.6 Å². The fraction of sp³-hybridized carbons (Fsp3) is 0.520. The standard InChI is InChI=1S/C25H31N7O4/c1-2-19-21(31-36-30-19)24(34)29-22(20(15-6-3-7-15)16-8-4-9-16)25(35)28-18-12-27-32(14-18)13-17-10-5-11-26-23(17)33/h5,10-12,14-16,20,22H,2-4,6-9,13H2,1H3,(H,26,33)(H,28,35)(H,29,34)/t22-/m0/s1. The van der Waals surface area contributed by atoms with Crippen LogP contribution in [0.25, 0.3) is 0 Å². The van der Waals surface area contributed by atoms with E-state index in [9.17, 15) is 14.4 Å². The van der Waals surface area contributed by atoms with Gasteiger partial charge in [0, 0.05) is 18.0 Å². The molecule has 2 aliphatic carbocycles. The third-order valence-electron chi connectivity index (χ3n) is 7.58. The summed E-state index contributed by atoms with van der Waals surface area (Å²) in [6, 6.07) is 2.77. The zero-order valence-electron chi connectivity index (χ0n) is 20.3. The summed E-state index contributed by atoms with van der Waals surface area (Å²) in [6.45, 7) is 2.14. The van der Waals surface area contributed by atoms with E-state index in [2.05, 4.69) is 31.0 Å². The summed E-state index contributed by atoms with van der Waals surface area (Å²) >= 11 is 0. The number of H-pyrrole nitrogens is 1. The number of aromatic amines is 1. The fourth-order valence-electron chi connectivity index (χ4n) is 5.23. The van der Waals surface area contributed by atoms with Crippen LogP contribution in [0.5, 0.6) is 0 Å². The van der Waals surface area contributed by atoms with Crippen molar-refractivity contribution in [3.05, 3.63) is 58.0 Å². The molecule has 2 fully saturated rings. The van der Waals surface area contributed by atoms with Crippen molar-refractivity contribution in [2.45, 2.75) is 64.5 Å². The molecule has 11 nitrogen and oxygen atoms in total. The molecule has 36 heavy (non-hydrogen) atoms. The van der Waals surface area contributed by atoms with Crippen molar-refractivity contribution in [3.63, 3.8) is 0 Å². The van der Waals surface area contributed by atoms with Gasteiger partial charge in [0.1, 0.15) is 11.7 Å². The Morgan fingerprint density at radius 2 is 1.94 bits per heavy atom. The lowest BCUT2D eigenvalue weighted by atomic mass is 9.62. The zero-order valence-corrected chi connectivity index (χ0v) is 20.3. The molecule has 0 aromatic carbocycles. The number of aryl methyl sites for hydroxylation is 1. The van der Waals surface area contributed by atoms with Gasteiger partial charge in [0.2, 0.25) is 5.91 Å². The largest absolute Gasteiger partial charge is 0.338 e. The van der Waals surface area contributed by atoms with Gasteiger partial charge in [-0.3, -0.25) is 19.1 Å². The summed E-state index contributed by atoms with van der Waals surface area (Å²) < 4.78 is 6.37. The third kappa shape index (κ3) is 4.95. The van der Waals surface area contributed by atoms with Crippen LogP contribution in [-0.2, 0) is 17.8 Å². The summed E-state index contributed by atoms with van der Waals surface area (Å²) in [7, 11) is 0. The minimum Gasteiger partial charge on any atom is -0.338 e. The Labute approximate surface area is 208 Å². The van der Waals surface area contributed by atoms with Crippen molar-refractivity contribution in [2.75, 3.05) is 5.32 Å². The van der Waals surface area contributed by atoms with E-state index >= 15 is 0 Å². The molecular weight excluding hydrogens is 462 g/mol. The van der Waals surface area contributed by atoms with Gasteiger partial charge in [-0.2, -0.15) is 5.10 Å². The van der Waals surface area contributed by atoms with Crippen molar-refractivity contribution in [1.29, 1.82) is 0 Å². The van der Waals surface area contributed by atoms with E-state index in [1.807, 2.05) is 6.92 Å². The maximum atomic E-state index is 13.6. The lowest BCUT2D eigenvalue weighted by Crippen LogP contribution is -2.54. The van der Waals surface area contributed by atoms with Crippen molar-refractivity contribution < 1.29 is 14.2 Å². The molecule has 3 aromatic rings. The number of nitrogens with one attached hydrogen (secondary N) is 3. The summed E-state index contributed by atoms with van der Waals surface area (Å²) in [6.07, 6.45) is 11.9. The Morgan fingerprint density at radius 3 is 2.58 bits per heavy atom. The van der Waals surface area contributed by atoms with Crippen LogP contribution in [-0.4, -0.2) is 42.9 Å². The van der Waals surface area contributed by atoms with Crippen LogP contribution in [0.1, 0.15) is 67.2 Å². The Hall–Kier alpha value is -3.76. The van der Waals surface area contributed by atoms with E-state index in [1.165, 1.54) is 0 Å². The first-order valence-electron chi connectivity index (χ1n) is 12.7. The normalized spacial score (nSPS) is 16.8. The van der Waals surface area contributed by atoms with Gasteiger partial charge in [0.05, 0.1) is 18.4 Å². The number of pyridine rings is 1. The van der Waals surface area contributed by atoms with E-state index in [-0.39, 0.29) is 29.6 Å². The van der Waals surface area contributed by atoms with E-state index in [1.54, 1.807) is 35.4 Å². The maximum absolute atomic E-state index is 13.6. The summed E-state index contributed by atoms with van der Waals surface area (Å²) in [5, 5.41) is 17.8. The van der Waals surface area contributed by atoms with Crippen LogP contribution in [0.3, 0.4) is 0 Å². The topological polar surface area (TPSA) is 148 Å². The number of rotatable bonds is 10. The highest BCUT2D eigenvalue weighted by atomic mass is 16.6. The van der Waals surface area contributed by atoms with Crippen LogP contribution in [0.4, 0.5) is 5.69 Å². The molecule has 2 saturated carbocycles. The number of aromatic nitrogens is 5. The SMILES string of the molecule is CCc1nonc1C(=O)N[C@H](C(=O)Nc1cnn(Cc2ccc[nH]c2=O)c1)C(C1CCC1)C1CCC1. The molecule has 3 aromatic heterocycles. The Morgan fingerprint density at radius 1 is 1.19 bits per heavy atom. The molecule has 3 heterocycles. The lowest BCUT2D eigenvalue weighted by molar-refractivity contribution is -0.121. The van der Waals surface area contributed by atoms with Crippen molar-refractivity contribution in [3.8, 4) is 0 Å². The van der Waals surface area contributed by atoms with Crippen molar-refractivity contribution in [1.82, 2.24) is 30.4 Å². The second-order valence-corrected chi connectivity index (χ2v) is 9.76. The van der Waals surface area contributed by atoms with Gasteiger partial charge in [-0.25, -0.2) is 4.63 Å². The lowest BCUT2D eigenvalue weighted by Gasteiger charge is -2.45. The van der Waals surface area contributed by atoms with Crippen LogP contribution in [0.15, 0.2) is 40.1 Å². The minimum absolute atomic E-state index is 0.0549. The van der Waals surface area contributed by atoms with Crippen LogP contribution in [0, 0.1) is 17.8 Å². The molecule has 2 amide bonds. The molecule has 0 spiro atoms. The minimum atomic E-state index is -0.713. The highest BCUT2D eigenvalue weighted by Crippen LogP contribution is 2.46. The smallest absolute Gasteiger partial charge is 0.276 e. The molecular formula is C25H31N7O4. The average molecular weight is 494 g/mol. The van der Waals surface area contributed by atoms with E-state index in [0.717, 1.165) is 38.5 Å². The highest BCUT2D eigenvalue weighted by Gasteiger charge is 2.44. The quantitative estimate of drug-likeness (QED) is 0.393. The maximum Gasteiger partial charge on any atom is 0.276 e. The molecule has 0 aliphatic heterocycles. The van der Waals surface area contributed by atoms with Crippen LogP contribution < -0.4 is 16.2 Å². The molecule has 0 saturated heterocycles. The van der Waals surface area contributed by atoms with Gasteiger partial charge in [0.25, 0.3) is 11.5 Å². The van der Waals surface area contributed by atoms with Gasteiger partial charge in [-0.1, -0.05) is 56.7 Å². The first-order valence-corrected chi connectivity index (χ1v) is 12.7. The Kier molecular flexibility index (Phi) is 6.97. The molecule has 2 aliphatic rings.